The first-order valence-corrected chi connectivity index (χ1v) is 9.03. The van der Waals surface area contributed by atoms with Gasteiger partial charge in [-0.3, -0.25) is 14.5 Å². The summed E-state index contributed by atoms with van der Waals surface area (Å²) in [6.45, 7) is 2.31. The molecule has 0 radical (unpaired) electrons. The Kier molecular flexibility index (Phi) is 5.71. The summed E-state index contributed by atoms with van der Waals surface area (Å²) in [4.78, 5) is 28.6. The number of hydrogen-bond acceptors (Lipinski definition) is 4. The van der Waals surface area contributed by atoms with E-state index in [1.54, 1.807) is 7.11 Å². The molecule has 0 aliphatic carbocycles. The number of rotatable bonds is 5. The minimum Gasteiger partial charge on any atom is -0.368 e. The van der Waals surface area contributed by atoms with Crippen LogP contribution in [0.5, 0.6) is 0 Å². The van der Waals surface area contributed by atoms with Gasteiger partial charge in [-0.25, -0.2) is 0 Å². The maximum absolute atomic E-state index is 12.8. The first-order chi connectivity index (χ1) is 12.1. The van der Waals surface area contributed by atoms with E-state index in [1.165, 1.54) is 0 Å². The molecule has 0 bridgehead atoms. The Labute approximate surface area is 148 Å². The second kappa shape index (κ2) is 7.97. The number of benzene rings is 1. The SMILES string of the molecule is COC(C(=O)N1CCC(N2CCCC2C(N)=O)CC1)c1ccccc1. The highest BCUT2D eigenvalue weighted by atomic mass is 16.5. The lowest BCUT2D eigenvalue weighted by molar-refractivity contribution is -0.144. The van der Waals surface area contributed by atoms with Crippen molar-refractivity contribution in [3.8, 4) is 0 Å². The van der Waals surface area contributed by atoms with Crippen LogP contribution in [0.15, 0.2) is 30.3 Å². The van der Waals surface area contributed by atoms with Crippen LogP contribution in [0.25, 0.3) is 0 Å². The highest BCUT2D eigenvalue weighted by Crippen LogP contribution is 2.27. The van der Waals surface area contributed by atoms with E-state index in [4.69, 9.17) is 10.5 Å². The second-order valence-corrected chi connectivity index (χ2v) is 6.88. The molecule has 2 saturated heterocycles. The predicted molar refractivity (Wildman–Crippen MR) is 94.7 cm³/mol. The fourth-order valence-corrected chi connectivity index (χ4v) is 4.12. The minimum atomic E-state index is -0.553. The van der Waals surface area contributed by atoms with Crippen molar-refractivity contribution in [2.75, 3.05) is 26.7 Å². The fraction of sp³-hybridized carbons (Fsp3) is 0.579. The molecule has 6 heteroatoms. The van der Waals surface area contributed by atoms with E-state index >= 15 is 0 Å². The van der Waals surface area contributed by atoms with E-state index in [-0.39, 0.29) is 17.9 Å². The molecule has 2 atom stereocenters. The van der Waals surface area contributed by atoms with Gasteiger partial charge in [0.25, 0.3) is 5.91 Å². The number of nitrogens with zero attached hydrogens (tertiary/aromatic N) is 2. The molecular weight excluding hydrogens is 318 g/mol. The Bertz CT molecular complexity index is 599. The fourth-order valence-electron chi connectivity index (χ4n) is 4.12. The van der Waals surface area contributed by atoms with Crippen molar-refractivity contribution >= 4 is 11.8 Å². The third-order valence-electron chi connectivity index (χ3n) is 5.43. The lowest BCUT2D eigenvalue weighted by atomic mass is 10.0. The van der Waals surface area contributed by atoms with Gasteiger partial charge in [0.2, 0.25) is 5.91 Å². The Hall–Kier alpha value is -1.92. The van der Waals surface area contributed by atoms with E-state index in [0.29, 0.717) is 19.1 Å². The summed E-state index contributed by atoms with van der Waals surface area (Å²) in [5.41, 5.74) is 6.41. The zero-order chi connectivity index (χ0) is 17.8. The molecule has 2 amide bonds. The Morgan fingerprint density at radius 3 is 2.40 bits per heavy atom. The predicted octanol–water partition coefficient (Wildman–Crippen LogP) is 1.31. The van der Waals surface area contributed by atoms with Crippen LogP contribution in [0, 0.1) is 0 Å². The number of methoxy groups -OCH3 is 1. The molecule has 136 valence electrons. The average Bonchev–Trinajstić information content (AvgIpc) is 3.13. The van der Waals surface area contributed by atoms with Crippen molar-refractivity contribution in [1.82, 2.24) is 9.80 Å². The molecule has 1 aromatic carbocycles. The van der Waals surface area contributed by atoms with Gasteiger partial charge in [-0.2, -0.15) is 0 Å². The van der Waals surface area contributed by atoms with Crippen LogP contribution < -0.4 is 5.73 Å². The van der Waals surface area contributed by atoms with Gasteiger partial charge in [0.15, 0.2) is 6.10 Å². The number of piperidine rings is 1. The summed E-state index contributed by atoms with van der Waals surface area (Å²) >= 11 is 0. The minimum absolute atomic E-state index is 0.0139. The van der Waals surface area contributed by atoms with Gasteiger partial charge < -0.3 is 15.4 Å². The van der Waals surface area contributed by atoms with Gasteiger partial charge in [0, 0.05) is 26.2 Å². The number of carbonyl (C=O) groups is 2. The summed E-state index contributed by atoms with van der Waals surface area (Å²) in [5.74, 6) is -0.209. The second-order valence-electron chi connectivity index (χ2n) is 6.88. The van der Waals surface area contributed by atoms with Crippen LogP contribution in [0.3, 0.4) is 0 Å². The van der Waals surface area contributed by atoms with Crippen LogP contribution in [0.4, 0.5) is 0 Å². The first kappa shape index (κ1) is 17.9. The van der Waals surface area contributed by atoms with Gasteiger partial charge >= 0.3 is 0 Å². The van der Waals surface area contributed by atoms with Gasteiger partial charge in [-0.05, 0) is 37.8 Å². The number of amides is 2. The lowest BCUT2D eigenvalue weighted by Crippen LogP contribution is -2.51. The maximum Gasteiger partial charge on any atom is 0.256 e. The van der Waals surface area contributed by atoms with E-state index in [2.05, 4.69) is 4.90 Å². The summed E-state index contributed by atoms with van der Waals surface area (Å²) in [6.07, 6.45) is 3.07. The molecule has 2 N–H and O–H groups in total. The van der Waals surface area contributed by atoms with Crippen molar-refractivity contribution in [3.05, 3.63) is 35.9 Å². The number of carbonyl (C=O) groups excluding carboxylic acids is 2. The molecule has 0 aromatic heterocycles. The zero-order valence-electron chi connectivity index (χ0n) is 14.8. The van der Waals surface area contributed by atoms with Crippen molar-refractivity contribution in [1.29, 1.82) is 0 Å². The van der Waals surface area contributed by atoms with E-state index < -0.39 is 6.10 Å². The van der Waals surface area contributed by atoms with Crippen molar-refractivity contribution in [2.45, 2.75) is 43.9 Å². The van der Waals surface area contributed by atoms with Gasteiger partial charge in [-0.15, -0.1) is 0 Å². The van der Waals surface area contributed by atoms with Crippen LogP contribution in [-0.2, 0) is 14.3 Å². The molecule has 2 unspecified atom stereocenters. The average molecular weight is 345 g/mol. The highest BCUT2D eigenvalue weighted by Gasteiger charge is 2.37. The number of ether oxygens (including phenoxy) is 1. The molecule has 2 aliphatic heterocycles. The first-order valence-electron chi connectivity index (χ1n) is 9.03. The highest BCUT2D eigenvalue weighted by molar-refractivity contribution is 5.82. The molecule has 0 saturated carbocycles. The summed E-state index contributed by atoms with van der Waals surface area (Å²) in [6, 6.07) is 9.79. The molecule has 0 spiro atoms. The van der Waals surface area contributed by atoms with Crippen LogP contribution in [-0.4, -0.2) is 60.4 Å². The van der Waals surface area contributed by atoms with Crippen LogP contribution in [0.2, 0.25) is 0 Å². The van der Waals surface area contributed by atoms with Crippen molar-refractivity contribution < 1.29 is 14.3 Å². The molecule has 3 rings (SSSR count). The van der Waals surface area contributed by atoms with Gasteiger partial charge in [0.1, 0.15) is 0 Å². The van der Waals surface area contributed by atoms with Crippen LogP contribution in [0.1, 0.15) is 37.4 Å². The third-order valence-corrected chi connectivity index (χ3v) is 5.43. The molecule has 6 nitrogen and oxygen atoms in total. The lowest BCUT2D eigenvalue weighted by Gasteiger charge is -2.39. The molecule has 2 fully saturated rings. The summed E-state index contributed by atoms with van der Waals surface area (Å²) < 4.78 is 5.46. The molecule has 2 heterocycles. The van der Waals surface area contributed by atoms with E-state index in [0.717, 1.165) is 37.8 Å². The smallest absolute Gasteiger partial charge is 0.256 e. The Balaban J connectivity index is 1.60. The standard InChI is InChI=1S/C19H27N3O3/c1-25-17(14-6-3-2-4-7-14)19(24)21-12-9-15(10-13-21)22-11-5-8-16(22)18(20)23/h2-4,6-7,15-17H,5,8-13H2,1H3,(H2,20,23). The Morgan fingerprint density at radius 1 is 1.12 bits per heavy atom. The number of primary amides is 1. The van der Waals surface area contributed by atoms with Gasteiger partial charge in [0.05, 0.1) is 6.04 Å². The van der Waals surface area contributed by atoms with Crippen molar-refractivity contribution in [2.24, 2.45) is 5.73 Å². The Morgan fingerprint density at radius 2 is 1.80 bits per heavy atom. The number of nitrogens with two attached hydrogens (primary N) is 1. The summed E-state index contributed by atoms with van der Waals surface area (Å²) in [7, 11) is 1.57. The van der Waals surface area contributed by atoms with Crippen molar-refractivity contribution in [3.63, 3.8) is 0 Å². The normalized spacial score (nSPS) is 23.6. The topological polar surface area (TPSA) is 75.9 Å². The third kappa shape index (κ3) is 3.85. The van der Waals surface area contributed by atoms with E-state index in [9.17, 15) is 9.59 Å². The molecular formula is C19H27N3O3. The van der Waals surface area contributed by atoms with E-state index in [1.807, 2.05) is 35.2 Å². The molecule has 2 aliphatic rings. The quantitative estimate of drug-likeness (QED) is 0.873. The molecule has 25 heavy (non-hydrogen) atoms. The molecule has 1 aromatic rings. The summed E-state index contributed by atoms with van der Waals surface area (Å²) in [5, 5.41) is 0. The monoisotopic (exact) mass is 345 g/mol. The largest absolute Gasteiger partial charge is 0.368 e. The number of hydrogen-bond donors (Lipinski definition) is 1. The zero-order valence-corrected chi connectivity index (χ0v) is 14.8. The number of likely N-dealkylation sites (tertiary alicyclic amines) is 2. The van der Waals surface area contributed by atoms with Gasteiger partial charge in [-0.1, -0.05) is 30.3 Å². The maximum atomic E-state index is 12.8. The van der Waals surface area contributed by atoms with Crippen LogP contribution >= 0.6 is 0 Å².